The van der Waals surface area contributed by atoms with Crippen LogP contribution in [0.25, 0.3) is 17.1 Å². The summed E-state index contributed by atoms with van der Waals surface area (Å²) in [7, 11) is 0. The van der Waals surface area contributed by atoms with Crippen LogP contribution in [-0.4, -0.2) is 23.1 Å². The summed E-state index contributed by atoms with van der Waals surface area (Å²) in [5.74, 6) is 0.742. The Labute approximate surface area is 140 Å². The third kappa shape index (κ3) is 3.13. The summed E-state index contributed by atoms with van der Waals surface area (Å²) in [6, 6.07) is 14.7. The van der Waals surface area contributed by atoms with Crippen LogP contribution in [0.3, 0.4) is 0 Å². The fourth-order valence-corrected chi connectivity index (χ4v) is 3.10. The van der Waals surface area contributed by atoms with Gasteiger partial charge in [-0.15, -0.1) is 0 Å². The average molecular weight is 319 g/mol. The Morgan fingerprint density at radius 2 is 1.75 bits per heavy atom. The van der Waals surface area contributed by atoms with E-state index in [4.69, 9.17) is 4.98 Å². The van der Waals surface area contributed by atoms with Crippen molar-refractivity contribution in [3.8, 4) is 0 Å². The van der Waals surface area contributed by atoms with E-state index in [9.17, 15) is 4.39 Å². The molecular formula is C20H18FN3. The minimum absolute atomic E-state index is 0.187. The van der Waals surface area contributed by atoms with Gasteiger partial charge in [0.25, 0.3) is 0 Å². The zero-order valence-electron chi connectivity index (χ0n) is 13.3. The molecule has 0 saturated carbocycles. The molecule has 0 N–H and O–H groups in total. The maximum absolute atomic E-state index is 13.3. The summed E-state index contributed by atoms with van der Waals surface area (Å²) in [5, 5.41) is 0. The molecule has 0 atom stereocenters. The van der Waals surface area contributed by atoms with Crippen molar-refractivity contribution < 1.29 is 4.39 Å². The molecule has 0 radical (unpaired) electrons. The largest absolute Gasteiger partial charge is 0.355 e. The normalized spacial score (nSPS) is 14.9. The lowest BCUT2D eigenvalue weighted by Crippen LogP contribution is -2.31. The van der Waals surface area contributed by atoms with Crippen LogP contribution in [0.4, 0.5) is 10.2 Å². The summed E-state index contributed by atoms with van der Waals surface area (Å²) in [6.45, 7) is 1.82. The number of rotatable bonds is 2. The van der Waals surface area contributed by atoms with Gasteiger partial charge in [-0.1, -0.05) is 35.9 Å². The molecule has 1 aliphatic heterocycles. The van der Waals surface area contributed by atoms with Gasteiger partial charge in [-0.2, -0.15) is 0 Å². The summed E-state index contributed by atoms with van der Waals surface area (Å²) in [6.07, 6.45) is 5.88. The van der Waals surface area contributed by atoms with Gasteiger partial charge in [0, 0.05) is 13.1 Å². The van der Waals surface area contributed by atoms with Crippen LogP contribution in [0.1, 0.15) is 18.4 Å². The molecule has 1 saturated heterocycles. The predicted molar refractivity (Wildman–Crippen MR) is 95.4 cm³/mol. The number of hydrogen-bond donors (Lipinski definition) is 0. The lowest BCUT2D eigenvalue weighted by molar-refractivity contribution is 0.627. The molecule has 2 aromatic carbocycles. The highest BCUT2D eigenvalue weighted by Gasteiger charge is 2.16. The number of fused-ring (bicyclic) bond motifs is 1. The Morgan fingerprint density at radius 1 is 0.958 bits per heavy atom. The van der Waals surface area contributed by atoms with Gasteiger partial charge in [0.15, 0.2) is 0 Å². The Morgan fingerprint density at radius 3 is 2.54 bits per heavy atom. The number of halogens is 1. The van der Waals surface area contributed by atoms with Gasteiger partial charge in [0.05, 0.1) is 17.2 Å². The zero-order chi connectivity index (χ0) is 16.4. The van der Waals surface area contributed by atoms with E-state index in [0.29, 0.717) is 0 Å². The molecule has 1 aromatic heterocycles. The van der Waals surface area contributed by atoms with E-state index in [1.807, 2.05) is 36.5 Å². The van der Waals surface area contributed by atoms with Crippen molar-refractivity contribution in [2.75, 3.05) is 18.0 Å². The van der Waals surface area contributed by atoms with Crippen molar-refractivity contribution in [2.45, 2.75) is 12.8 Å². The van der Waals surface area contributed by atoms with E-state index >= 15 is 0 Å². The van der Waals surface area contributed by atoms with E-state index in [1.54, 1.807) is 12.1 Å². The third-order valence-electron chi connectivity index (χ3n) is 4.38. The summed E-state index contributed by atoms with van der Waals surface area (Å²) in [4.78, 5) is 11.5. The Balaban J connectivity index is 1.49. The first kappa shape index (κ1) is 14.8. The maximum atomic E-state index is 13.3. The van der Waals surface area contributed by atoms with E-state index < -0.39 is 0 Å². The number of anilines is 1. The van der Waals surface area contributed by atoms with Crippen LogP contribution >= 0.6 is 0 Å². The molecule has 1 aliphatic rings. The summed E-state index contributed by atoms with van der Waals surface area (Å²) < 4.78 is 13.3. The number of aromatic nitrogens is 2. The van der Waals surface area contributed by atoms with E-state index in [0.717, 1.165) is 48.3 Å². The second kappa shape index (κ2) is 6.40. The monoisotopic (exact) mass is 319 g/mol. The first-order valence-corrected chi connectivity index (χ1v) is 8.20. The van der Waals surface area contributed by atoms with Crippen LogP contribution in [0, 0.1) is 5.82 Å². The van der Waals surface area contributed by atoms with Crippen molar-refractivity contribution in [3.05, 3.63) is 71.7 Å². The van der Waals surface area contributed by atoms with Gasteiger partial charge >= 0.3 is 0 Å². The fourth-order valence-electron chi connectivity index (χ4n) is 3.10. The number of hydrogen-bond acceptors (Lipinski definition) is 3. The second-order valence-corrected chi connectivity index (χ2v) is 6.06. The predicted octanol–water partition coefficient (Wildman–Crippen LogP) is 4.45. The van der Waals surface area contributed by atoms with Gasteiger partial charge in [0.1, 0.15) is 11.6 Å². The molecule has 120 valence electrons. The molecule has 0 spiro atoms. The van der Waals surface area contributed by atoms with Gasteiger partial charge in [0.2, 0.25) is 0 Å². The van der Waals surface area contributed by atoms with Gasteiger partial charge in [-0.3, -0.25) is 4.98 Å². The average Bonchev–Trinajstić information content (AvgIpc) is 2.62. The van der Waals surface area contributed by atoms with Crippen molar-refractivity contribution in [1.29, 1.82) is 0 Å². The van der Waals surface area contributed by atoms with Crippen LogP contribution in [0.5, 0.6) is 0 Å². The standard InChI is InChI=1S/C20H18FN3/c21-17-5-3-4-16(13-17)12-15-8-10-24(11-9-15)20-14-22-18-6-1-2-7-19(18)23-20/h1-7,12-14H,8-11H2. The SMILES string of the molecule is Fc1cccc(C=C2CCN(c3cnc4ccccc4n3)CC2)c1. The van der Waals surface area contributed by atoms with Crippen molar-refractivity contribution in [3.63, 3.8) is 0 Å². The van der Waals surface area contributed by atoms with Crippen molar-refractivity contribution in [1.82, 2.24) is 9.97 Å². The highest BCUT2D eigenvalue weighted by atomic mass is 19.1. The van der Waals surface area contributed by atoms with Gasteiger partial charge in [-0.25, -0.2) is 9.37 Å². The Hall–Kier alpha value is -2.75. The fraction of sp³-hybridized carbons (Fsp3) is 0.200. The summed E-state index contributed by atoms with van der Waals surface area (Å²) >= 11 is 0. The Kier molecular flexibility index (Phi) is 3.95. The van der Waals surface area contributed by atoms with Crippen LogP contribution in [0.2, 0.25) is 0 Å². The lowest BCUT2D eigenvalue weighted by atomic mass is 10.0. The van der Waals surface area contributed by atoms with Crippen LogP contribution in [-0.2, 0) is 0 Å². The molecule has 4 rings (SSSR count). The number of benzene rings is 2. The highest BCUT2D eigenvalue weighted by molar-refractivity contribution is 5.75. The van der Waals surface area contributed by atoms with E-state index in [1.165, 1.54) is 11.6 Å². The first-order chi connectivity index (χ1) is 11.8. The van der Waals surface area contributed by atoms with Gasteiger partial charge < -0.3 is 4.90 Å². The zero-order valence-corrected chi connectivity index (χ0v) is 13.3. The van der Waals surface area contributed by atoms with Crippen LogP contribution in [0.15, 0.2) is 60.3 Å². The smallest absolute Gasteiger partial charge is 0.147 e. The van der Waals surface area contributed by atoms with Crippen molar-refractivity contribution >= 4 is 22.9 Å². The molecule has 0 unspecified atom stereocenters. The second-order valence-electron chi connectivity index (χ2n) is 6.06. The molecule has 24 heavy (non-hydrogen) atoms. The molecule has 3 nitrogen and oxygen atoms in total. The molecule has 3 aromatic rings. The topological polar surface area (TPSA) is 29.0 Å². The molecule has 1 fully saturated rings. The van der Waals surface area contributed by atoms with Gasteiger partial charge in [-0.05, 0) is 42.7 Å². The number of nitrogens with zero attached hydrogens (tertiary/aromatic N) is 3. The molecule has 2 heterocycles. The van der Waals surface area contributed by atoms with Crippen molar-refractivity contribution in [2.24, 2.45) is 0 Å². The molecule has 4 heteroatoms. The lowest BCUT2D eigenvalue weighted by Gasteiger charge is -2.29. The third-order valence-corrected chi connectivity index (χ3v) is 4.38. The molecule has 0 aliphatic carbocycles. The summed E-state index contributed by atoms with van der Waals surface area (Å²) in [5.41, 5.74) is 4.13. The number of para-hydroxylation sites is 2. The minimum atomic E-state index is -0.187. The van der Waals surface area contributed by atoms with Crippen LogP contribution < -0.4 is 4.90 Å². The number of piperidine rings is 1. The quantitative estimate of drug-likeness (QED) is 0.698. The van der Waals surface area contributed by atoms with E-state index in [-0.39, 0.29) is 5.82 Å². The maximum Gasteiger partial charge on any atom is 0.147 e. The highest BCUT2D eigenvalue weighted by Crippen LogP contribution is 2.24. The molecular weight excluding hydrogens is 301 g/mol. The Bertz CT molecular complexity index is 894. The minimum Gasteiger partial charge on any atom is -0.355 e. The van der Waals surface area contributed by atoms with E-state index in [2.05, 4.69) is 16.0 Å². The molecule has 0 amide bonds. The molecule has 0 bridgehead atoms. The first-order valence-electron chi connectivity index (χ1n) is 8.20.